The number of benzene rings is 2. The van der Waals surface area contributed by atoms with Crippen LogP contribution in [0.25, 0.3) is 16.4 Å². The highest BCUT2D eigenvalue weighted by molar-refractivity contribution is 6.01. The number of nitrogens with one attached hydrogen (secondary N) is 1. The fourth-order valence-corrected chi connectivity index (χ4v) is 5.64. The molecule has 9 nitrogen and oxygen atoms in total. The van der Waals surface area contributed by atoms with E-state index in [0.29, 0.717) is 31.9 Å². The monoisotopic (exact) mass is 509 g/mol. The third kappa shape index (κ3) is 4.11. The molecular weight excluding hydrogens is 478 g/mol. The van der Waals surface area contributed by atoms with Crippen molar-refractivity contribution >= 4 is 33.8 Å². The molecule has 2 aliphatic rings. The number of carbonyl (C=O) groups excluding carboxylic acids is 1. The maximum absolute atomic E-state index is 12.8. The van der Waals surface area contributed by atoms with Crippen molar-refractivity contribution in [3.05, 3.63) is 65.5 Å². The lowest BCUT2D eigenvalue weighted by Gasteiger charge is -2.43. The number of piperazine rings is 1. The van der Waals surface area contributed by atoms with Gasteiger partial charge in [0.05, 0.1) is 36.8 Å². The molecule has 0 unspecified atom stereocenters. The summed E-state index contributed by atoms with van der Waals surface area (Å²) >= 11 is 0. The van der Waals surface area contributed by atoms with Crippen molar-refractivity contribution in [3.8, 4) is 6.07 Å². The molecule has 0 aliphatic carbocycles. The summed E-state index contributed by atoms with van der Waals surface area (Å²) in [5.41, 5.74) is 4.61. The van der Waals surface area contributed by atoms with Gasteiger partial charge in [-0.3, -0.25) is 4.79 Å². The summed E-state index contributed by atoms with van der Waals surface area (Å²) in [6.45, 7) is 9.49. The molecule has 1 N–H and O–H groups in total. The molecule has 2 aliphatic heterocycles. The lowest BCUT2D eigenvalue weighted by molar-refractivity contribution is -0.150. The molecule has 194 valence electrons. The molecule has 38 heavy (non-hydrogen) atoms. The summed E-state index contributed by atoms with van der Waals surface area (Å²) in [5.74, 6) is 0.988. The summed E-state index contributed by atoms with van der Waals surface area (Å²) in [6, 6.07) is 14.6. The Bertz CT molecular complexity index is 1570. The second-order valence-corrected chi connectivity index (χ2v) is 10.3. The van der Waals surface area contributed by atoms with Crippen molar-refractivity contribution < 1.29 is 9.53 Å². The van der Waals surface area contributed by atoms with Gasteiger partial charge in [0.1, 0.15) is 0 Å². The van der Waals surface area contributed by atoms with Crippen LogP contribution in [0.5, 0.6) is 0 Å². The number of ether oxygens (including phenoxy) is 1. The molecule has 4 aromatic rings. The zero-order chi connectivity index (χ0) is 26.4. The molecule has 0 spiro atoms. The third-order valence-corrected chi connectivity index (χ3v) is 7.90. The standard InChI is InChI=1S/C29H31N7O2/c1-18-15-34(29(37)22-16-38-17-22)11-12-35(18)23-7-8-25-26(13-23)27(33-36-10-9-31-28(25)36)32-20(3)24-6-4-5-21(14-30)19(24)2/h4-10,13,18,20,22H,11-12,15-17H2,1-3H3,(H,32,33)/t18-,20+/m0/s1. The van der Waals surface area contributed by atoms with E-state index in [2.05, 4.69) is 59.4 Å². The SMILES string of the molecule is Cc1c(C#N)cccc1[C@@H](C)Nc1nn2ccnc2c2ccc(N3CCN(C(=O)C4COC4)C[C@@H]3C)cc12. The zero-order valence-electron chi connectivity index (χ0n) is 21.9. The molecular formula is C29H31N7O2. The van der Waals surface area contributed by atoms with Gasteiger partial charge in [0.2, 0.25) is 5.91 Å². The normalized spacial score (nSPS) is 18.8. The molecule has 2 fully saturated rings. The van der Waals surface area contributed by atoms with Gasteiger partial charge in [-0.25, -0.2) is 9.50 Å². The fraction of sp³-hybridized carbons (Fsp3) is 0.379. The van der Waals surface area contributed by atoms with Crippen molar-refractivity contribution in [1.29, 1.82) is 5.26 Å². The van der Waals surface area contributed by atoms with E-state index in [1.807, 2.05) is 30.2 Å². The number of rotatable bonds is 5. The first-order chi connectivity index (χ1) is 18.4. The fourth-order valence-electron chi connectivity index (χ4n) is 5.64. The first kappa shape index (κ1) is 24.2. The van der Waals surface area contributed by atoms with E-state index < -0.39 is 0 Å². The van der Waals surface area contributed by atoms with Crippen LogP contribution in [-0.4, -0.2) is 64.3 Å². The highest BCUT2D eigenvalue weighted by Gasteiger charge is 2.34. The molecule has 2 aromatic carbocycles. The minimum absolute atomic E-state index is 0.0190. The Morgan fingerprint density at radius 3 is 2.79 bits per heavy atom. The maximum atomic E-state index is 12.8. The van der Waals surface area contributed by atoms with Crippen molar-refractivity contribution in [2.45, 2.75) is 32.9 Å². The topological polar surface area (TPSA) is 98.8 Å². The van der Waals surface area contributed by atoms with Crippen LogP contribution in [0, 0.1) is 24.2 Å². The number of amides is 1. The highest BCUT2D eigenvalue weighted by Crippen LogP contribution is 2.33. The van der Waals surface area contributed by atoms with Crippen molar-refractivity contribution in [2.75, 3.05) is 43.1 Å². The van der Waals surface area contributed by atoms with Crippen LogP contribution in [0.4, 0.5) is 11.5 Å². The van der Waals surface area contributed by atoms with Crippen LogP contribution in [-0.2, 0) is 9.53 Å². The molecule has 0 bridgehead atoms. The minimum atomic E-state index is -0.0624. The number of hydrogen-bond acceptors (Lipinski definition) is 7. The molecule has 2 aromatic heterocycles. The lowest BCUT2D eigenvalue weighted by atomic mass is 9.98. The zero-order valence-corrected chi connectivity index (χ0v) is 21.9. The molecule has 0 saturated carbocycles. The Balaban J connectivity index is 1.33. The first-order valence-corrected chi connectivity index (χ1v) is 13.1. The second-order valence-electron chi connectivity index (χ2n) is 10.3. The Hall–Kier alpha value is -4.16. The van der Waals surface area contributed by atoms with E-state index in [-0.39, 0.29) is 23.9 Å². The molecule has 9 heteroatoms. The average molecular weight is 510 g/mol. The Morgan fingerprint density at radius 1 is 1.21 bits per heavy atom. The Morgan fingerprint density at radius 2 is 2.05 bits per heavy atom. The van der Waals surface area contributed by atoms with Gasteiger partial charge in [0.25, 0.3) is 0 Å². The first-order valence-electron chi connectivity index (χ1n) is 13.1. The lowest BCUT2D eigenvalue weighted by Crippen LogP contribution is -2.56. The maximum Gasteiger partial charge on any atom is 0.230 e. The highest BCUT2D eigenvalue weighted by atomic mass is 16.5. The quantitative estimate of drug-likeness (QED) is 0.435. The predicted molar refractivity (Wildman–Crippen MR) is 146 cm³/mol. The number of anilines is 2. The number of aromatic nitrogens is 3. The average Bonchev–Trinajstić information content (AvgIpc) is 3.36. The van der Waals surface area contributed by atoms with E-state index >= 15 is 0 Å². The molecule has 0 radical (unpaired) electrons. The van der Waals surface area contributed by atoms with E-state index in [1.54, 1.807) is 10.7 Å². The smallest absolute Gasteiger partial charge is 0.230 e. The largest absolute Gasteiger partial charge is 0.380 e. The molecule has 2 atom stereocenters. The number of nitrogens with zero attached hydrogens (tertiary/aromatic N) is 6. The van der Waals surface area contributed by atoms with Gasteiger partial charge in [-0.1, -0.05) is 12.1 Å². The van der Waals surface area contributed by atoms with Crippen molar-refractivity contribution in [3.63, 3.8) is 0 Å². The van der Waals surface area contributed by atoms with Gasteiger partial charge in [-0.15, -0.1) is 5.10 Å². The van der Waals surface area contributed by atoms with E-state index in [9.17, 15) is 10.1 Å². The minimum Gasteiger partial charge on any atom is -0.380 e. The van der Waals surface area contributed by atoms with Crippen LogP contribution in [0.1, 0.15) is 36.6 Å². The van der Waals surface area contributed by atoms with Gasteiger partial charge < -0.3 is 19.9 Å². The third-order valence-electron chi connectivity index (χ3n) is 7.90. The molecule has 2 saturated heterocycles. The number of imidazole rings is 1. The van der Waals surface area contributed by atoms with Crippen LogP contribution >= 0.6 is 0 Å². The van der Waals surface area contributed by atoms with Gasteiger partial charge in [0, 0.05) is 54.5 Å². The Labute approximate surface area is 221 Å². The number of fused-ring (bicyclic) bond motifs is 3. The molecule has 1 amide bonds. The second kappa shape index (κ2) is 9.62. The van der Waals surface area contributed by atoms with E-state index in [0.717, 1.165) is 45.6 Å². The number of hydrogen-bond donors (Lipinski definition) is 1. The summed E-state index contributed by atoms with van der Waals surface area (Å²) in [6.07, 6.45) is 3.61. The number of nitriles is 1. The summed E-state index contributed by atoms with van der Waals surface area (Å²) in [4.78, 5) is 21.7. The van der Waals surface area contributed by atoms with Gasteiger partial charge >= 0.3 is 0 Å². The van der Waals surface area contributed by atoms with Crippen LogP contribution in [0.3, 0.4) is 0 Å². The number of carbonyl (C=O) groups is 1. The van der Waals surface area contributed by atoms with Gasteiger partial charge in [-0.2, -0.15) is 5.26 Å². The summed E-state index contributed by atoms with van der Waals surface area (Å²) in [7, 11) is 0. The van der Waals surface area contributed by atoms with Crippen LogP contribution in [0.15, 0.2) is 48.8 Å². The van der Waals surface area contributed by atoms with E-state index in [4.69, 9.17) is 9.84 Å². The van der Waals surface area contributed by atoms with Crippen LogP contribution < -0.4 is 10.2 Å². The van der Waals surface area contributed by atoms with Crippen molar-refractivity contribution in [2.24, 2.45) is 5.92 Å². The molecule has 4 heterocycles. The summed E-state index contributed by atoms with van der Waals surface area (Å²) < 4.78 is 7.02. The molecule has 6 rings (SSSR count). The van der Waals surface area contributed by atoms with Gasteiger partial charge in [0.15, 0.2) is 11.5 Å². The van der Waals surface area contributed by atoms with Crippen molar-refractivity contribution in [1.82, 2.24) is 19.5 Å². The van der Waals surface area contributed by atoms with E-state index in [1.165, 1.54) is 0 Å². The summed E-state index contributed by atoms with van der Waals surface area (Å²) in [5, 5.41) is 20.0. The Kier molecular flexibility index (Phi) is 6.12. The van der Waals surface area contributed by atoms with Gasteiger partial charge in [-0.05, 0) is 56.2 Å². The van der Waals surface area contributed by atoms with Crippen LogP contribution in [0.2, 0.25) is 0 Å². The predicted octanol–water partition coefficient (Wildman–Crippen LogP) is 3.92.